The Labute approximate surface area is 325 Å². The molecule has 1 aliphatic rings. The first-order chi connectivity index (χ1) is 27.7. The molecule has 0 atom stereocenters. The van der Waals surface area contributed by atoms with Crippen molar-refractivity contribution in [2.24, 2.45) is 0 Å². The highest BCUT2D eigenvalue weighted by atomic mass is 15.0. The van der Waals surface area contributed by atoms with Crippen LogP contribution in [-0.2, 0) is 0 Å². The van der Waals surface area contributed by atoms with Crippen LogP contribution in [0.25, 0.3) is 95.1 Å². The van der Waals surface area contributed by atoms with Crippen LogP contribution < -0.4 is 0 Å². The number of aromatic nitrogens is 5. The second-order valence-corrected chi connectivity index (χ2v) is 14.0. The van der Waals surface area contributed by atoms with E-state index >= 15 is 0 Å². The fourth-order valence-electron chi connectivity index (χ4n) is 7.52. The molecule has 0 spiro atoms. The summed E-state index contributed by atoms with van der Waals surface area (Å²) < 4.78 is 0. The molecule has 0 amide bonds. The molecule has 0 aliphatic heterocycles. The molecule has 3 aromatic heterocycles. The molecule has 0 saturated heterocycles. The Bertz CT molecular complexity index is 2860. The van der Waals surface area contributed by atoms with Crippen LogP contribution in [0, 0.1) is 0 Å². The third kappa shape index (κ3) is 6.35. The third-order valence-corrected chi connectivity index (χ3v) is 10.4. The molecule has 5 nitrogen and oxygen atoms in total. The van der Waals surface area contributed by atoms with Crippen molar-refractivity contribution in [1.29, 1.82) is 0 Å². The van der Waals surface area contributed by atoms with Gasteiger partial charge < -0.3 is 0 Å². The van der Waals surface area contributed by atoms with Crippen molar-refractivity contribution in [2.45, 2.75) is 12.8 Å². The summed E-state index contributed by atoms with van der Waals surface area (Å²) in [5.74, 6) is 1.90. The lowest BCUT2D eigenvalue weighted by Crippen LogP contribution is -2.00. The van der Waals surface area contributed by atoms with Gasteiger partial charge >= 0.3 is 0 Å². The first-order valence-electron chi connectivity index (χ1n) is 19.0. The summed E-state index contributed by atoms with van der Waals surface area (Å²) in [5.41, 5.74) is 13.0. The van der Waals surface area contributed by atoms with E-state index in [1.54, 1.807) is 0 Å². The summed E-state index contributed by atoms with van der Waals surface area (Å²) in [5, 5.41) is 2.12. The Hall–Kier alpha value is -7.37. The summed E-state index contributed by atoms with van der Waals surface area (Å²) in [6, 6.07) is 58.5. The lowest BCUT2D eigenvalue weighted by molar-refractivity contribution is 1.04. The van der Waals surface area contributed by atoms with Crippen molar-refractivity contribution in [3.05, 3.63) is 194 Å². The third-order valence-electron chi connectivity index (χ3n) is 10.4. The monoisotopic (exact) mass is 717 g/mol. The number of nitrogens with zero attached hydrogens (tertiary/aromatic N) is 5. The molecular weight excluding hydrogens is 683 g/mol. The maximum absolute atomic E-state index is 5.40. The summed E-state index contributed by atoms with van der Waals surface area (Å²) in [6.07, 6.45) is 8.78. The van der Waals surface area contributed by atoms with Crippen LogP contribution in [0.4, 0.5) is 0 Å². The molecule has 56 heavy (non-hydrogen) atoms. The van der Waals surface area contributed by atoms with Crippen LogP contribution in [0.15, 0.2) is 188 Å². The maximum atomic E-state index is 5.40. The van der Waals surface area contributed by atoms with Gasteiger partial charge in [-0.05, 0) is 52.8 Å². The predicted molar refractivity (Wildman–Crippen MR) is 229 cm³/mol. The molecule has 5 heteroatoms. The van der Waals surface area contributed by atoms with Gasteiger partial charge in [0.15, 0.2) is 17.5 Å². The van der Waals surface area contributed by atoms with Crippen molar-refractivity contribution < 1.29 is 0 Å². The smallest absolute Gasteiger partial charge is 0.164 e. The zero-order valence-electron chi connectivity index (χ0n) is 30.5. The summed E-state index contributed by atoms with van der Waals surface area (Å²) in [4.78, 5) is 25.6. The summed E-state index contributed by atoms with van der Waals surface area (Å²) in [7, 11) is 0. The number of pyridine rings is 2. The van der Waals surface area contributed by atoms with Crippen LogP contribution in [0.5, 0.6) is 0 Å². The number of fused-ring (bicyclic) bond motifs is 3. The van der Waals surface area contributed by atoms with Crippen LogP contribution >= 0.6 is 0 Å². The highest BCUT2D eigenvalue weighted by Crippen LogP contribution is 2.39. The summed E-state index contributed by atoms with van der Waals surface area (Å²) >= 11 is 0. The topological polar surface area (TPSA) is 64.5 Å². The second kappa shape index (κ2) is 14.5. The fraction of sp³-hybridized carbons (Fsp3) is 0.0392. The minimum Gasteiger partial charge on any atom is -0.245 e. The highest BCUT2D eigenvalue weighted by molar-refractivity contribution is 6.13. The van der Waals surface area contributed by atoms with Crippen LogP contribution in [0.3, 0.4) is 0 Å². The second-order valence-electron chi connectivity index (χ2n) is 14.0. The van der Waals surface area contributed by atoms with Crippen molar-refractivity contribution in [3.8, 4) is 67.7 Å². The van der Waals surface area contributed by atoms with Crippen molar-refractivity contribution in [3.63, 3.8) is 0 Å². The Kier molecular flexibility index (Phi) is 8.58. The maximum Gasteiger partial charge on any atom is 0.164 e. The molecule has 9 aromatic rings. The SMILES string of the molecule is C1=CC(c2cc(-c3ccccc3)c3ccc4c(-c5ccc(-c6nc(-c7ccccc7)nc(-c7ccccc7)n6)cc5)cc(-c5ccccc5)nc4c3n2)=CCC1. The molecule has 3 heterocycles. The molecule has 10 rings (SSSR count). The van der Waals surface area contributed by atoms with E-state index in [0.717, 1.165) is 96.1 Å². The van der Waals surface area contributed by atoms with Crippen LogP contribution in [0.1, 0.15) is 18.5 Å². The standard InChI is InChI=1S/C51H35N5/c1-6-16-34(17-7-1)43-32-45(36-18-8-2-9-19-36)52-47-41(43)30-31-42-44(33-46(53-48(42)47)37-20-10-3-11-21-37)35-26-28-40(29-27-35)51-55-49(38-22-12-4-13-23-38)54-50(56-51)39-24-14-5-15-25-39/h1,3-8,10-33H,2,9H2. The van der Waals surface area contributed by atoms with Crippen LogP contribution in [-0.4, -0.2) is 24.9 Å². The molecule has 0 radical (unpaired) electrons. The summed E-state index contributed by atoms with van der Waals surface area (Å²) in [6.45, 7) is 0. The van der Waals surface area contributed by atoms with E-state index in [4.69, 9.17) is 24.9 Å². The van der Waals surface area contributed by atoms with E-state index in [-0.39, 0.29) is 0 Å². The Morgan fingerprint density at radius 2 is 0.750 bits per heavy atom. The van der Waals surface area contributed by atoms with E-state index in [9.17, 15) is 0 Å². The van der Waals surface area contributed by atoms with Crippen molar-refractivity contribution >= 4 is 27.4 Å². The van der Waals surface area contributed by atoms with Gasteiger partial charge in [-0.3, -0.25) is 0 Å². The predicted octanol–water partition coefficient (Wildman–Crippen LogP) is 12.7. The first kappa shape index (κ1) is 33.2. The Balaban J connectivity index is 1.16. The molecule has 0 saturated carbocycles. The number of allylic oxidation sites excluding steroid dienone is 4. The highest BCUT2D eigenvalue weighted by Gasteiger charge is 2.18. The molecule has 0 bridgehead atoms. The van der Waals surface area contributed by atoms with Gasteiger partial charge in [-0.1, -0.05) is 176 Å². The number of hydrogen-bond acceptors (Lipinski definition) is 5. The van der Waals surface area contributed by atoms with E-state index in [1.165, 1.54) is 0 Å². The van der Waals surface area contributed by atoms with Gasteiger partial charge in [0, 0.05) is 33.0 Å². The van der Waals surface area contributed by atoms with Gasteiger partial charge in [-0.2, -0.15) is 0 Å². The zero-order chi connectivity index (χ0) is 37.3. The first-order valence-corrected chi connectivity index (χ1v) is 19.0. The molecule has 6 aromatic carbocycles. The average molecular weight is 718 g/mol. The molecule has 264 valence electrons. The number of rotatable bonds is 7. The van der Waals surface area contributed by atoms with Crippen molar-refractivity contribution in [1.82, 2.24) is 24.9 Å². The molecule has 0 N–H and O–H groups in total. The van der Waals surface area contributed by atoms with Gasteiger partial charge in [0.05, 0.1) is 22.4 Å². The quantitative estimate of drug-likeness (QED) is 0.154. The van der Waals surface area contributed by atoms with Gasteiger partial charge in [-0.25, -0.2) is 24.9 Å². The fourth-order valence-corrected chi connectivity index (χ4v) is 7.52. The Morgan fingerprint density at radius 1 is 0.339 bits per heavy atom. The number of hydrogen-bond donors (Lipinski definition) is 0. The normalized spacial score (nSPS) is 12.5. The Morgan fingerprint density at radius 3 is 1.25 bits per heavy atom. The van der Waals surface area contributed by atoms with E-state index < -0.39 is 0 Å². The van der Waals surface area contributed by atoms with Crippen LogP contribution in [0.2, 0.25) is 0 Å². The van der Waals surface area contributed by atoms with Gasteiger partial charge in [-0.15, -0.1) is 0 Å². The van der Waals surface area contributed by atoms with Gasteiger partial charge in [0.1, 0.15) is 0 Å². The minimum absolute atomic E-state index is 0.621. The molecule has 1 aliphatic carbocycles. The van der Waals surface area contributed by atoms with E-state index in [0.29, 0.717) is 17.5 Å². The van der Waals surface area contributed by atoms with E-state index in [1.807, 2.05) is 66.7 Å². The minimum atomic E-state index is 0.621. The molecular formula is C51H35N5. The molecule has 0 fully saturated rings. The van der Waals surface area contributed by atoms with Gasteiger partial charge in [0.2, 0.25) is 0 Å². The number of benzene rings is 6. The largest absolute Gasteiger partial charge is 0.245 e. The molecule has 0 unspecified atom stereocenters. The van der Waals surface area contributed by atoms with E-state index in [2.05, 4.69) is 121 Å². The van der Waals surface area contributed by atoms with Gasteiger partial charge in [0.25, 0.3) is 0 Å². The lowest BCUT2D eigenvalue weighted by atomic mass is 9.93. The zero-order valence-corrected chi connectivity index (χ0v) is 30.5. The lowest BCUT2D eigenvalue weighted by Gasteiger charge is -2.16. The average Bonchev–Trinajstić information content (AvgIpc) is 3.29. The van der Waals surface area contributed by atoms with Crippen molar-refractivity contribution in [2.75, 3.05) is 0 Å².